The van der Waals surface area contributed by atoms with Gasteiger partial charge in [-0.1, -0.05) is 30.3 Å². The zero-order valence-electron chi connectivity index (χ0n) is 10.2. The first-order chi connectivity index (χ1) is 9.38. The molecule has 2 aromatic carbocycles. The third kappa shape index (κ3) is 1.78. The molecule has 4 nitrogen and oxygen atoms in total. The van der Waals surface area contributed by atoms with Crippen LogP contribution in [0.4, 0.5) is 0 Å². The number of aromatic amines is 2. The van der Waals surface area contributed by atoms with Crippen molar-refractivity contribution in [3.05, 3.63) is 60.2 Å². The number of fused-ring (bicyclic) bond motifs is 2. The van der Waals surface area contributed by atoms with Gasteiger partial charge >= 0.3 is 0 Å². The number of aromatic nitrogens is 4. The van der Waals surface area contributed by atoms with Crippen molar-refractivity contribution in [2.75, 3.05) is 0 Å². The fourth-order valence-corrected chi connectivity index (χ4v) is 2.37. The maximum absolute atomic E-state index is 4.63. The Morgan fingerprint density at radius 3 is 2.74 bits per heavy atom. The summed E-state index contributed by atoms with van der Waals surface area (Å²) in [5.41, 5.74) is 5.24. The standard InChI is InChI=1S/C15H12N4/c1-2-4-10(5-3-1)6-15-18-13-7-11-12(17-9-16-11)8-14(13)19-15/h1-5,7-9H,6H2,(H,16,17)(H,18,19). The monoisotopic (exact) mass is 248 g/mol. The van der Waals surface area contributed by atoms with Crippen LogP contribution in [-0.4, -0.2) is 19.9 Å². The third-order valence-electron chi connectivity index (χ3n) is 3.29. The number of H-pyrrole nitrogens is 2. The summed E-state index contributed by atoms with van der Waals surface area (Å²) in [5, 5.41) is 0. The van der Waals surface area contributed by atoms with Gasteiger partial charge in [-0.15, -0.1) is 0 Å². The largest absolute Gasteiger partial charge is 0.345 e. The van der Waals surface area contributed by atoms with E-state index in [1.54, 1.807) is 6.33 Å². The van der Waals surface area contributed by atoms with Crippen molar-refractivity contribution in [2.24, 2.45) is 0 Å². The quantitative estimate of drug-likeness (QED) is 0.573. The third-order valence-corrected chi connectivity index (χ3v) is 3.29. The molecule has 0 atom stereocenters. The van der Waals surface area contributed by atoms with Crippen molar-refractivity contribution in [3.63, 3.8) is 0 Å². The van der Waals surface area contributed by atoms with Crippen molar-refractivity contribution in [1.29, 1.82) is 0 Å². The zero-order chi connectivity index (χ0) is 12.7. The summed E-state index contributed by atoms with van der Waals surface area (Å²) in [6.07, 6.45) is 2.52. The van der Waals surface area contributed by atoms with Gasteiger partial charge in [0.25, 0.3) is 0 Å². The lowest BCUT2D eigenvalue weighted by molar-refractivity contribution is 1.04. The van der Waals surface area contributed by atoms with Crippen LogP contribution >= 0.6 is 0 Å². The van der Waals surface area contributed by atoms with E-state index in [9.17, 15) is 0 Å². The molecule has 0 aliphatic heterocycles. The van der Waals surface area contributed by atoms with E-state index >= 15 is 0 Å². The van der Waals surface area contributed by atoms with E-state index in [1.165, 1.54) is 5.56 Å². The molecular weight excluding hydrogens is 236 g/mol. The average molecular weight is 248 g/mol. The molecule has 4 aromatic rings. The van der Waals surface area contributed by atoms with Crippen LogP contribution in [0.15, 0.2) is 48.8 Å². The maximum atomic E-state index is 4.63. The molecule has 0 spiro atoms. The van der Waals surface area contributed by atoms with Crippen LogP contribution in [0.2, 0.25) is 0 Å². The van der Waals surface area contributed by atoms with Crippen LogP contribution in [-0.2, 0) is 6.42 Å². The van der Waals surface area contributed by atoms with Gasteiger partial charge in [0.15, 0.2) is 0 Å². The molecule has 2 heterocycles. The summed E-state index contributed by atoms with van der Waals surface area (Å²) in [4.78, 5) is 15.4. The van der Waals surface area contributed by atoms with E-state index in [0.29, 0.717) is 0 Å². The van der Waals surface area contributed by atoms with Crippen molar-refractivity contribution >= 4 is 22.1 Å². The normalized spacial score (nSPS) is 11.4. The Morgan fingerprint density at radius 1 is 0.947 bits per heavy atom. The molecule has 0 saturated heterocycles. The second-order valence-corrected chi connectivity index (χ2v) is 4.63. The van der Waals surface area contributed by atoms with Gasteiger partial charge in [0.2, 0.25) is 0 Å². The Hall–Kier alpha value is -2.62. The molecule has 2 aromatic heterocycles. The van der Waals surface area contributed by atoms with Crippen molar-refractivity contribution in [3.8, 4) is 0 Å². The number of benzene rings is 2. The molecule has 0 aliphatic rings. The minimum Gasteiger partial charge on any atom is -0.345 e. The molecule has 4 rings (SSSR count). The first-order valence-electron chi connectivity index (χ1n) is 6.24. The Bertz CT molecular complexity index is 794. The zero-order valence-corrected chi connectivity index (χ0v) is 10.2. The van der Waals surface area contributed by atoms with Gasteiger partial charge in [0.1, 0.15) is 5.82 Å². The molecular formula is C15H12N4. The first-order valence-corrected chi connectivity index (χ1v) is 6.24. The lowest BCUT2D eigenvalue weighted by Crippen LogP contribution is -1.89. The Balaban J connectivity index is 1.79. The predicted octanol–water partition coefficient (Wildman–Crippen LogP) is 3.03. The van der Waals surface area contributed by atoms with Crippen LogP contribution in [0, 0.1) is 0 Å². The average Bonchev–Trinajstić information content (AvgIpc) is 3.01. The van der Waals surface area contributed by atoms with Crippen LogP contribution in [0.5, 0.6) is 0 Å². The van der Waals surface area contributed by atoms with E-state index < -0.39 is 0 Å². The van der Waals surface area contributed by atoms with E-state index in [4.69, 9.17) is 0 Å². The first kappa shape index (κ1) is 10.3. The number of rotatable bonds is 2. The maximum Gasteiger partial charge on any atom is 0.111 e. The number of hydrogen-bond acceptors (Lipinski definition) is 2. The topological polar surface area (TPSA) is 57.4 Å². The van der Waals surface area contributed by atoms with Gasteiger partial charge in [0.05, 0.1) is 28.4 Å². The summed E-state index contributed by atoms with van der Waals surface area (Å²) < 4.78 is 0. The molecule has 4 heteroatoms. The summed E-state index contributed by atoms with van der Waals surface area (Å²) in [6, 6.07) is 14.4. The SMILES string of the molecule is c1ccc(Cc2nc3cc4nc[nH]c4cc3[nH]2)cc1. The Kier molecular flexibility index (Phi) is 2.14. The lowest BCUT2D eigenvalue weighted by atomic mass is 10.1. The number of imidazole rings is 2. The van der Waals surface area contributed by atoms with Crippen LogP contribution in [0.25, 0.3) is 22.1 Å². The second kappa shape index (κ2) is 3.95. The second-order valence-electron chi connectivity index (χ2n) is 4.63. The molecule has 0 radical (unpaired) electrons. The number of nitrogens with zero attached hydrogens (tertiary/aromatic N) is 2. The van der Waals surface area contributed by atoms with Gasteiger partial charge in [-0.05, 0) is 17.7 Å². The van der Waals surface area contributed by atoms with Crippen molar-refractivity contribution < 1.29 is 0 Å². The van der Waals surface area contributed by atoms with Gasteiger partial charge in [-0.3, -0.25) is 0 Å². The lowest BCUT2D eigenvalue weighted by Gasteiger charge is -1.96. The molecule has 19 heavy (non-hydrogen) atoms. The van der Waals surface area contributed by atoms with Crippen molar-refractivity contribution in [2.45, 2.75) is 6.42 Å². The molecule has 0 aliphatic carbocycles. The molecule has 0 bridgehead atoms. The van der Waals surface area contributed by atoms with E-state index in [1.807, 2.05) is 24.3 Å². The highest BCUT2D eigenvalue weighted by Gasteiger charge is 2.06. The molecule has 0 amide bonds. The minimum atomic E-state index is 0.816. The molecule has 0 fully saturated rings. The van der Waals surface area contributed by atoms with Gasteiger partial charge < -0.3 is 9.97 Å². The van der Waals surface area contributed by atoms with Crippen LogP contribution in [0.3, 0.4) is 0 Å². The molecule has 92 valence electrons. The van der Waals surface area contributed by atoms with E-state index in [-0.39, 0.29) is 0 Å². The summed E-state index contributed by atoms with van der Waals surface area (Å²) >= 11 is 0. The van der Waals surface area contributed by atoms with Gasteiger partial charge in [0, 0.05) is 6.42 Å². The molecule has 0 unspecified atom stereocenters. The summed E-state index contributed by atoms with van der Waals surface area (Å²) in [6.45, 7) is 0. The van der Waals surface area contributed by atoms with Gasteiger partial charge in [-0.2, -0.15) is 0 Å². The van der Waals surface area contributed by atoms with Crippen molar-refractivity contribution in [1.82, 2.24) is 19.9 Å². The fourth-order valence-electron chi connectivity index (χ4n) is 2.37. The smallest absolute Gasteiger partial charge is 0.111 e. The van der Waals surface area contributed by atoms with E-state index in [0.717, 1.165) is 34.3 Å². The Morgan fingerprint density at radius 2 is 1.84 bits per heavy atom. The number of nitrogens with one attached hydrogen (secondary N) is 2. The predicted molar refractivity (Wildman–Crippen MR) is 75.0 cm³/mol. The van der Waals surface area contributed by atoms with Crippen LogP contribution < -0.4 is 0 Å². The Labute approximate surface area is 109 Å². The van der Waals surface area contributed by atoms with Gasteiger partial charge in [-0.25, -0.2) is 9.97 Å². The molecule has 2 N–H and O–H groups in total. The fraction of sp³-hybridized carbons (Fsp3) is 0.0667. The van der Waals surface area contributed by atoms with Crippen LogP contribution in [0.1, 0.15) is 11.4 Å². The highest BCUT2D eigenvalue weighted by Crippen LogP contribution is 2.19. The number of hydrogen-bond donors (Lipinski definition) is 2. The molecule has 0 saturated carbocycles. The summed E-state index contributed by atoms with van der Waals surface area (Å²) in [7, 11) is 0. The summed E-state index contributed by atoms with van der Waals surface area (Å²) in [5.74, 6) is 0.980. The minimum absolute atomic E-state index is 0.816. The van der Waals surface area contributed by atoms with E-state index in [2.05, 4.69) is 38.1 Å². The highest BCUT2D eigenvalue weighted by atomic mass is 14.9. The highest BCUT2D eigenvalue weighted by molar-refractivity contribution is 5.91.